The van der Waals surface area contributed by atoms with E-state index in [0.29, 0.717) is 17.4 Å². The SMILES string of the molecule is C=CCn1c(-c2ccc(OC3CCCC3)cc2)n[nH]c1=S. The maximum absolute atomic E-state index is 5.98. The molecule has 1 heterocycles. The summed E-state index contributed by atoms with van der Waals surface area (Å²) in [4.78, 5) is 0. The average Bonchev–Trinajstić information content (AvgIpc) is 3.12. The van der Waals surface area contributed by atoms with E-state index in [9.17, 15) is 0 Å². The largest absolute Gasteiger partial charge is 0.490 e. The van der Waals surface area contributed by atoms with E-state index >= 15 is 0 Å². The van der Waals surface area contributed by atoms with Gasteiger partial charge in [-0.25, -0.2) is 0 Å². The molecule has 5 heteroatoms. The predicted octanol–water partition coefficient (Wildman–Crippen LogP) is 4.12. The third-order valence-electron chi connectivity index (χ3n) is 3.79. The van der Waals surface area contributed by atoms with Crippen molar-refractivity contribution in [2.45, 2.75) is 38.3 Å². The zero-order valence-corrected chi connectivity index (χ0v) is 12.7. The average molecular weight is 301 g/mol. The third kappa shape index (κ3) is 3.08. The summed E-state index contributed by atoms with van der Waals surface area (Å²) in [5.41, 5.74) is 1.02. The fourth-order valence-electron chi connectivity index (χ4n) is 2.72. The second-order valence-electron chi connectivity index (χ2n) is 5.30. The molecule has 1 aromatic heterocycles. The van der Waals surface area contributed by atoms with Gasteiger partial charge in [-0.2, -0.15) is 5.10 Å². The van der Waals surface area contributed by atoms with Crippen LogP contribution in [0.1, 0.15) is 25.7 Å². The molecule has 0 spiro atoms. The first-order valence-electron chi connectivity index (χ1n) is 7.31. The van der Waals surface area contributed by atoms with Gasteiger partial charge in [0.2, 0.25) is 0 Å². The molecule has 1 aliphatic carbocycles. The highest BCUT2D eigenvalue weighted by molar-refractivity contribution is 7.71. The number of nitrogens with zero attached hydrogens (tertiary/aromatic N) is 2. The Morgan fingerprint density at radius 1 is 1.33 bits per heavy atom. The van der Waals surface area contributed by atoms with Crippen LogP contribution < -0.4 is 4.74 Å². The van der Waals surface area contributed by atoms with E-state index in [0.717, 1.165) is 17.1 Å². The van der Waals surface area contributed by atoms with Crippen molar-refractivity contribution >= 4 is 12.2 Å². The molecule has 0 saturated heterocycles. The van der Waals surface area contributed by atoms with Gasteiger partial charge in [0.15, 0.2) is 10.6 Å². The van der Waals surface area contributed by atoms with E-state index in [1.165, 1.54) is 25.7 Å². The van der Waals surface area contributed by atoms with Crippen molar-refractivity contribution in [3.8, 4) is 17.1 Å². The third-order valence-corrected chi connectivity index (χ3v) is 4.10. The highest BCUT2D eigenvalue weighted by Gasteiger charge is 2.16. The smallest absolute Gasteiger partial charge is 0.195 e. The maximum Gasteiger partial charge on any atom is 0.195 e. The summed E-state index contributed by atoms with van der Waals surface area (Å²) in [7, 11) is 0. The number of hydrogen-bond acceptors (Lipinski definition) is 3. The lowest BCUT2D eigenvalue weighted by molar-refractivity contribution is 0.210. The maximum atomic E-state index is 5.98. The van der Waals surface area contributed by atoms with E-state index < -0.39 is 0 Å². The number of nitrogens with one attached hydrogen (secondary N) is 1. The summed E-state index contributed by atoms with van der Waals surface area (Å²) < 4.78 is 8.51. The van der Waals surface area contributed by atoms with Gasteiger partial charge in [0.05, 0.1) is 6.10 Å². The fourth-order valence-corrected chi connectivity index (χ4v) is 2.92. The lowest BCUT2D eigenvalue weighted by atomic mass is 10.2. The molecule has 0 aliphatic heterocycles. The second-order valence-corrected chi connectivity index (χ2v) is 5.69. The number of ether oxygens (including phenoxy) is 1. The Bertz CT molecular complexity index is 666. The van der Waals surface area contributed by atoms with Gasteiger partial charge in [-0.1, -0.05) is 6.08 Å². The highest BCUT2D eigenvalue weighted by atomic mass is 32.1. The van der Waals surface area contributed by atoms with Crippen molar-refractivity contribution < 1.29 is 4.74 Å². The Labute approximate surface area is 129 Å². The van der Waals surface area contributed by atoms with Gasteiger partial charge in [-0.05, 0) is 62.2 Å². The number of H-pyrrole nitrogens is 1. The minimum atomic E-state index is 0.381. The minimum Gasteiger partial charge on any atom is -0.490 e. The van der Waals surface area contributed by atoms with Crippen LogP contribution in [0.15, 0.2) is 36.9 Å². The molecule has 1 aromatic carbocycles. The van der Waals surface area contributed by atoms with Crippen molar-refractivity contribution in [1.29, 1.82) is 0 Å². The molecule has 2 aromatic rings. The zero-order valence-electron chi connectivity index (χ0n) is 11.9. The molecule has 21 heavy (non-hydrogen) atoms. The summed E-state index contributed by atoms with van der Waals surface area (Å²) in [5.74, 6) is 1.75. The van der Waals surface area contributed by atoms with Gasteiger partial charge < -0.3 is 4.74 Å². The fraction of sp³-hybridized carbons (Fsp3) is 0.375. The van der Waals surface area contributed by atoms with Crippen LogP contribution in [0, 0.1) is 4.77 Å². The van der Waals surface area contributed by atoms with Crippen molar-refractivity contribution in [1.82, 2.24) is 14.8 Å². The molecule has 0 atom stereocenters. The van der Waals surface area contributed by atoms with Gasteiger partial charge >= 0.3 is 0 Å². The molecule has 1 fully saturated rings. The summed E-state index contributed by atoms with van der Waals surface area (Å²) in [6.07, 6.45) is 7.08. The quantitative estimate of drug-likeness (QED) is 0.667. The Hall–Kier alpha value is -1.88. The zero-order chi connectivity index (χ0) is 14.7. The van der Waals surface area contributed by atoms with Crippen LogP contribution in [0.4, 0.5) is 0 Å². The van der Waals surface area contributed by atoms with E-state index in [2.05, 4.69) is 16.8 Å². The minimum absolute atomic E-state index is 0.381. The van der Waals surface area contributed by atoms with Crippen LogP contribution in [0.25, 0.3) is 11.4 Å². The Morgan fingerprint density at radius 2 is 2.05 bits per heavy atom. The molecule has 0 unspecified atom stereocenters. The van der Waals surface area contributed by atoms with Gasteiger partial charge in [-0.15, -0.1) is 6.58 Å². The standard InChI is InChI=1S/C16H19N3OS/c1-2-11-19-15(17-18-16(19)21)12-7-9-14(10-8-12)20-13-5-3-4-6-13/h2,7-10,13H,1,3-6,11H2,(H,18,21). The molecule has 1 saturated carbocycles. The van der Waals surface area contributed by atoms with Gasteiger partial charge in [0.1, 0.15) is 5.75 Å². The molecule has 3 rings (SSSR count). The van der Waals surface area contributed by atoms with Gasteiger partial charge in [-0.3, -0.25) is 9.67 Å². The molecular weight excluding hydrogens is 282 g/mol. The summed E-state index contributed by atoms with van der Waals surface area (Å²) >= 11 is 5.23. The van der Waals surface area contributed by atoms with E-state index in [1.54, 1.807) is 0 Å². The molecule has 0 amide bonds. The number of allylic oxidation sites excluding steroid dienone is 1. The number of rotatable bonds is 5. The lowest BCUT2D eigenvalue weighted by Gasteiger charge is -2.13. The Balaban J connectivity index is 1.80. The van der Waals surface area contributed by atoms with Crippen LogP contribution in [-0.2, 0) is 6.54 Å². The van der Waals surface area contributed by atoms with E-state index in [-0.39, 0.29) is 0 Å². The van der Waals surface area contributed by atoms with Crippen LogP contribution in [-0.4, -0.2) is 20.9 Å². The first-order chi connectivity index (χ1) is 10.3. The lowest BCUT2D eigenvalue weighted by Crippen LogP contribution is -2.10. The normalized spacial score (nSPS) is 15.2. The van der Waals surface area contributed by atoms with Crippen molar-refractivity contribution in [3.63, 3.8) is 0 Å². The van der Waals surface area contributed by atoms with Crippen molar-refractivity contribution in [3.05, 3.63) is 41.7 Å². The number of aromatic nitrogens is 3. The van der Waals surface area contributed by atoms with Crippen molar-refractivity contribution in [2.75, 3.05) is 0 Å². The van der Waals surface area contributed by atoms with E-state index in [4.69, 9.17) is 17.0 Å². The van der Waals surface area contributed by atoms with Crippen LogP contribution >= 0.6 is 12.2 Å². The topological polar surface area (TPSA) is 42.8 Å². The first-order valence-corrected chi connectivity index (χ1v) is 7.72. The number of hydrogen-bond donors (Lipinski definition) is 1. The molecule has 1 aliphatic rings. The first kappa shape index (κ1) is 14.1. The van der Waals surface area contributed by atoms with E-state index in [1.807, 2.05) is 34.9 Å². The molecular formula is C16H19N3OS. The summed E-state index contributed by atoms with van der Waals surface area (Å²) in [6, 6.07) is 8.05. The molecule has 0 radical (unpaired) electrons. The molecule has 0 bridgehead atoms. The summed E-state index contributed by atoms with van der Waals surface area (Å²) in [5, 5.41) is 7.13. The van der Waals surface area contributed by atoms with Crippen molar-refractivity contribution in [2.24, 2.45) is 0 Å². The van der Waals surface area contributed by atoms with Crippen LogP contribution in [0.3, 0.4) is 0 Å². The summed E-state index contributed by atoms with van der Waals surface area (Å²) in [6.45, 7) is 4.40. The Kier molecular flexibility index (Phi) is 4.20. The Morgan fingerprint density at radius 3 is 2.71 bits per heavy atom. The predicted molar refractivity (Wildman–Crippen MR) is 85.9 cm³/mol. The van der Waals surface area contributed by atoms with Crippen LogP contribution in [0.5, 0.6) is 5.75 Å². The molecule has 4 nitrogen and oxygen atoms in total. The van der Waals surface area contributed by atoms with Gasteiger partial charge in [0.25, 0.3) is 0 Å². The molecule has 1 N–H and O–H groups in total. The monoisotopic (exact) mass is 301 g/mol. The molecule has 110 valence electrons. The number of benzene rings is 1. The second kappa shape index (κ2) is 6.26. The van der Waals surface area contributed by atoms with Crippen LogP contribution in [0.2, 0.25) is 0 Å². The van der Waals surface area contributed by atoms with Gasteiger partial charge in [0, 0.05) is 12.1 Å². The highest BCUT2D eigenvalue weighted by Crippen LogP contribution is 2.26. The number of aromatic amines is 1.